The normalized spacial score (nSPS) is 14.1. The van der Waals surface area contributed by atoms with E-state index >= 15 is 0 Å². The Hall–Kier alpha value is -3.05. The molecule has 0 spiro atoms. The molecule has 4 rings (SSSR count). The number of hydrogen-bond donors (Lipinski definition) is 1. The topological polar surface area (TPSA) is 107 Å². The minimum atomic E-state index is -0.186. The number of amides is 1. The fourth-order valence-electron chi connectivity index (χ4n) is 2.61. The van der Waals surface area contributed by atoms with Crippen molar-refractivity contribution in [3.63, 3.8) is 0 Å². The van der Waals surface area contributed by atoms with Crippen LogP contribution in [0.3, 0.4) is 0 Å². The number of anilines is 1. The van der Waals surface area contributed by atoms with Crippen LogP contribution in [0.4, 0.5) is 5.95 Å². The van der Waals surface area contributed by atoms with Gasteiger partial charge in [0.1, 0.15) is 12.3 Å². The van der Waals surface area contributed by atoms with E-state index in [0.29, 0.717) is 36.7 Å². The summed E-state index contributed by atoms with van der Waals surface area (Å²) >= 11 is 1.43. The molecule has 1 fully saturated rings. The molecule has 0 unspecified atom stereocenters. The fourth-order valence-corrected chi connectivity index (χ4v) is 3.12. The summed E-state index contributed by atoms with van der Waals surface area (Å²) in [5, 5.41) is 17.5. The first-order valence-electron chi connectivity index (χ1n) is 8.80. The van der Waals surface area contributed by atoms with Crippen molar-refractivity contribution in [3.05, 3.63) is 41.4 Å². The lowest BCUT2D eigenvalue weighted by molar-refractivity contribution is -0.122. The van der Waals surface area contributed by atoms with Crippen LogP contribution >= 0.6 is 11.3 Å². The predicted molar refractivity (Wildman–Crippen MR) is 101 cm³/mol. The number of tetrazole rings is 1. The van der Waals surface area contributed by atoms with Crippen molar-refractivity contribution in [1.82, 2.24) is 30.5 Å². The van der Waals surface area contributed by atoms with Crippen LogP contribution < -0.4 is 15.0 Å². The van der Waals surface area contributed by atoms with Gasteiger partial charge in [0.05, 0.1) is 13.2 Å². The number of ether oxygens (including phenoxy) is 2. The van der Waals surface area contributed by atoms with E-state index in [4.69, 9.17) is 9.47 Å². The molecule has 28 heavy (non-hydrogen) atoms. The van der Waals surface area contributed by atoms with Crippen molar-refractivity contribution in [2.45, 2.75) is 13.1 Å². The van der Waals surface area contributed by atoms with E-state index in [2.05, 4.69) is 25.7 Å². The van der Waals surface area contributed by atoms with Gasteiger partial charge in [0.25, 0.3) is 11.1 Å². The highest BCUT2D eigenvalue weighted by atomic mass is 32.1. The zero-order chi connectivity index (χ0) is 19.2. The Bertz CT molecular complexity index is 892. The molecule has 0 bridgehead atoms. The Morgan fingerprint density at radius 3 is 2.82 bits per heavy atom. The van der Waals surface area contributed by atoms with Crippen molar-refractivity contribution in [2.75, 3.05) is 31.2 Å². The highest BCUT2D eigenvalue weighted by Crippen LogP contribution is 2.23. The van der Waals surface area contributed by atoms with E-state index in [9.17, 15) is 4.79 Å². The maximum Gasteiger partial charge on any atom is 0.278 e. The van der Waals surface area contributed by atoms with Crippen molar-refractivity contribution in [1.29, 1.82) is 0 Å². The highest BCUT2D eigenvalue weighted by Gasteiger charge is 2.16. The Kier molecular flexibility index (Phi) is 5.73. The molecule has 3 heterocycles. The molecule has 1 N–H and O–H groups in total. The lowest BCUT2D eigenvalue weighted by atomic mass is 10.2. The number of aromatic nitrogens is 5. The van der Waals surface area contributed by atoms with Gasteiger partial charge in [0.15, 0.2) is 0 Å². The summed E-state index contributed by atoms with van der Waals surface area (Å²) in [6, 6.07) is 7.48. The van der Waals surface area contributed by atoms with Gasteiger partial charge in [-0.05, 0) is 22.9 Å². The predicted octanol–water partition coefficient (Wildman–Crippen LogP) is 1.07. The van der Waals surface area contributed by atoms with E-state index in [-0.39, 0.29) is 12.5 Å². The van der Waals surface area contributed by atoms with Crippen LogP contribution in [0, 0.1) is 0 Å². The second-order valence-electron chi connectivity index (χ2n) is 6.04. The van der Waals surface area contributed by atoms with Gasteiger partial charge in [-0.1, -0.05) is 28.6 Å². The van der Waals surface area contributed by atoms with Gasteiger partial charge in [0.2, 0.25) is 5.91 Å². The van der Waals surface area contributed by atoms with E-state index in [0.717, 1.165) is 18.7 Å². The van der Waals surface area contributed by atoms with Crippen molar-refractivity contribution in [2.24, 2.45) is 0 Å². The van der Waals surface area contributed by atoms with E-state index in [1.165, 1.54) is 16.1 Å². The monoisotopic (exact) mass is 401 g/mol. The third-order valence-corrected chi connectivity index (χ3v) is 4.70. The molecule has 1 aromatic carbocycles. The quantitative estimate of drug-likeness (QED) is 0.627. The first-order valence-corrected chi connectivity index (χ1v) is 9.68. The smallest absolute Gasteiger partial charge is 0.278 e. The van der Waals surface area contributed by atoms with Crippen LogP contribution in [-0.2, 0) is 22.6 Å². The number of nitrogens with one attached hydrogen (secondary N) is 1. The first-order chi connectivity index (χ1) is 13.8. The molecule has 0 aliphatic carbocycles. The maximum atomic E-state index is 12.1. The third kappa shape index (κ3) is 4.81. The number of carbonyl (C=O) groups excluding carboxylic acids is 1. The molecule has 0 radical (unpaired) electrons. The molecular formula is C17H19N7O3S. The zero-order valence-electron chi connectivity index (χ0n) is 15.0. The van der Waals surface area contributed by atoms with Gasteiger partial charge >= 0.3 is 0 Å². The molecule has 0 saturated carbocycles. The molecule has 0 atom stereocenters. The average molecular weight is 401 g/mol. The lowest BCUT2D eigenvalue weighted by Crippen LogP contribution is -2.37. The molecule has 2 aromatic heterocycles. The van der Waals surface area contributed by atoms with Crippen LogP contribution in [0.25, 0.3) is 0 Å². The van der Waals surface area contributed by atoms with Crippen LogP contribution in [0.1, 0.15) is 5.56 Å². The van der Waals surface area contributed by atoms with E-state index < -0.39 is 0 Å². The summed E-state index contributed by atoms with van der Waals surface area (Å²) in [5.74, 6) is 1.04. The summed E-state index contributed by atoms with van der Waals surface area (Å²) in [4.78, 5) is 19.5. The molecule has 10 nitrogen and oxygen atoms in total. The maximum absolute atomic E-state index is 12.1. The molecule has 3 aromatic rings. The second kappa shape index (κ2) is 8.76. The van der Waals surface area contributed by atoms with Crippen LogP contribution in [0.5, 0.6) is 10.9 Å². The fraction of sp³-hybridized carbons (Fsp3) is 0.353. The van der Waals surface area contributed by atoms with Crippen LogP contribution in [0.15, 0.2) is 35.8 Å². The number of thiazole rings is 1. The van der Waals surface area contributed by atoms with Crippen molar-refractivity contribution < 1.29 is 14.3 Å². The average Bonchev–Trinajstić information content (AvgIpc) is 3.40. The van der Waals surface area contributed by atoms with E-state index in [1.807, 2.05) is 34.5 Å². The molecule has 146 valence electrons. The second-order valence-corrected chi connectivity index (χ2v) is 6.90. The number of nitrogens with zero attached hydrogens (tertiary/aromatic N) is 6. The van der Waals surface area contributed by atoms with Gasteiger partial charge in [-0.2, -0.15) is 4.80 Å². The highest BCUT2D eigenvalue weighted by molar-refractivity contribution is 7.11. The molecule has 1 aliphatic rings. The number of morpholine rings is 1. The van der Waals surface area contributed by atoms with Crippen LogP contribution in [-0.4, -0.2) is 57.4 Å². The van der Waals surface area contributed by atoms with Crippen LogP contribution in [0.2, 0.25) is 0 Å². The van der Waals surface area contributed by atoms with Gasteiger partial charge in [0, 0.05) is 31.2 Å². The van der Waals surface area contributed by atoms with Crippen molar-refractivity contribution >= 4 is 23.2 Å². The standard InChI is InChI=1S/C17H19N7O3S/c25-15(12-24-21-16(20-22-24)23-6-8-26-9-7-23)19-11-13-1-3-14(4-2-13)27-17-18-5-10-28-17/h1-5,10H,6-9,11-12H2,(H,19,25). The SMILES string of the molecule is O=C(Cn1nnc(N2CCOCC2)n1)NCc1ccc(Oc2nccs2)cc1. The Balaban J connectivity index is 1.24. The lowest BCUT2D eigenvalue weighted by Gasteiger charge is -2.24. The third-order valence-electron chi connectivity index (χ3n) is 4.05. The largest absolute Gasteiger partial charge is 0.431 e. The van der Waals surface area contributed by atoms with Gasteiger partial charge in [-0.3, -0.25) is 4.79 Å². The molecule has 1 aliphatic heterocycles. The minimum absolute atomic E-state index is 0.0165. The summed E-state index contributed by atoms with van der Waals surface area (Å²) in [6.45, 7) is 3.15. The summed E-state index contributed by atoms with van der Waals surface area (Å²) in [5.41, 5.74) is 0.959. The minimum Gasteiger partial charge on any atom is -0.431 e. The van der Waals surface area contributed by atoms with Crippen molar-refractivity contribution in [3.8, 4) is 10.9 Å². The summed E-state index contributed by atoms with van der Waals surface area (Å²) in [7, 11) is 0. The molecule has 1 amide bonds. The molecule has 11 heteroatoms. The van der Waals surface area contributed by atoms with Gasteiger partial charge in [-0.25, -0.2) is 4.98 Å². The molecular weight excluding hydrogens is 382 g/mol. The van der Waals surface area contributed by atoms with E-state index in [1.54, 1.807) is 6.20 Å². The number of rotatable bonds is 7. The Morgan fingerprint density at radius 2 is 2.07 bits per heavy atom. The van der Waals surface area contributed by atoms with Gasteiger partial charge < -0.3 is 19.7 Å². The molecule has 1 saturated heterocycles. The number of carbonyl (C=O) groups is 1. The summed E-state index contributed by atoms with van der Waals surface area (Å²) in [6.07, 6.45) is 1.69. The Morgan fingerprint density at radius 1 is 1.25 bits per heavy atom. The first kappa shape index (κ1) is 18.3. The summed E-state index contributed by atoms with van der Waals surface area (Å²) < 4.78 is 10.9. The zero-order valence-corrected chi connectivity index (χ0v) is 15.8. The number of benzene rings is 1. The number of hydrogen-bond acceptors (Lipinski definition) is 9. The Labute approximate surface area is 165 Å². The van der Waals surface area contributed by atoms with Gasteiger partial charge in [-0.15, -0.1) is 5.10 Å².